The molecule has 1 atom stereocenters. The molecule has 2 aromatic carbocycles. The zero-order valence-corrected chi connectivity index (χ0v) is 19.9. The molecule has 0 N–H and O–H groups in total. The zero-order valence-electron chi connectivity index (χ0n) is 19.1. The highest BCUT2D eigenvalue weighted by Crippen LogP contribution is 2.30. The van der Waals surface area contributed by atoms with E-state index in [1.165, 1.54) is 11.3 Å². The third-order valence-electron chi connectivity index (χ3n) is 5.39. The molecule has 1 aromatic heterocycles. The third-order valence-corrected chi connectivity index (χ3v) is 6.37. The highest BCUT2D eigenvalue weighted by molar-refractivity contribution is 7.07. The van der Waals surface area contributed by atoms with Crippen LogP contribution >= 0.6 is 11.3 Å². The Kier molecular flexibility index (Phi) is 6.75. The molecule has 0 saturated heterocycles. The van der Waals surface area contributed by atoms with E-state index < -0.39 is 12.0 Å². The number of nitrogens with zero attached hydrogens (tertiary/aromatic N) is 3. The number of benzene rings is 2. The van der Waals surface area contributed by atoms with Crippen LogP contribution in [0.1, 0.15) is 36.6 Å². The molecule has 3 aromatic rings. The summed E-state index contributed by atoms with van der Waals surface area (Å²) in [4.78, 5) is 31.6. The number of carbonyl (C=O) groups excluding carboxylic acids is 1. The molecule has 0 amide bonds. The van der Waals surface area contributed by atoms with E-state index in [0.29, 0.717) is 26.4 Å². The number of esters is 1. The number of rotatable bonds is 6. The van der Waals surface area contributed by atoms with Gasteiger partial charge in [0, 0.05) is 0 Å². The smallest absolute Gasteiger partial charge is 0.338 e. The first kappa shape index (κ1) is 23.2. The Hall–Kier alpha value is -3.96. The molecule has 172 valence electrons. The molecule has 1 aliphatic heterocycles. The first-order valence-electron chi connectivity index (χ1n) is 10.8. The van der Waals surface area contributed by atoms with Crippen LogP contribution in [0.4, 0.5) is 0 Å². The van der Waals surface area contributed by atoms with Crippen LogP contribution in [-0.4, -0.2) is 23.8 Å². The van der Waals surface area contributed by atoms with Gasteiger partial charge in [-0.25, -0.2) is 9.79 Å². The number of aryl methyl sites for hydroxylation is 1. The number of allylic oxidation sites excluding steroid dienone is 1. The number of thiazole rings is 1. The Morgan fingerprint density at radius 3 is 2.53 bits per heavy atom. The van der Waals surface area contributed by atoms with Crippen molar-refractivity contribution in [1.29, 1.82) is 5.26 Å². The van der Waals surface area contributed by atoms with E-state index in [1.54, 1.807) is 36.6 Å². The van der Waals surface area contributed by atoms with Crippen molar-refractivity contribution < 1.29 is 14.3 Å². The van der Waals surface area contributed by atoms with Crippen LogP contribution in [0.15, 0.2) is 69.6 Å². The van der Waals surface area contributed by atoms with Gasteiger partial charge in [-0.1, -0.05) is 53.3 Å². The third kappa shape index (κ3) is 4.56. The Bertz CT molecular complexity index is 1470. The SMILES string of the molecule is CCOC(=O)C1=C(C)N=c2s/c(=C/c3ccc(OCC#N)cc3)c(=O)n2[C@H]1c1ccc(C)cc1. The van der Waals surface area contributed by atoms with Gasteiger partial charge in [0.1, 0.15) is 11.8 Å². The van der Waals surface area contributed by atoms with Crippen LogP contribution < -0.4 is 19.6 Å². The lowest BCUT2D eigenvalue weighted by atomic mass is 9.95. The maximum Gasteiger partial charge on any atom is 0.338 e. The second-order valence-corrected chi connectivity index (χ2v) is 8.74. The second-order valence-electron chi connectivity index (χ2n) is 7.73. The van der Waals surface area contributed by atoms with E-state index in [4.69, 9.17) is 14.7 Å². The van der Waals surface area contributed by atoms with Crippen molar-refractivity contribution in [2.45, 2.75) is 26.8 Å². The van der Waals surface area contributed by atoms with Gasteiger partial charge in [0.15, 0.2) is 11.4 Å². The standard InChI is InChI=1S/C26H23N3O4S/c1-4-32-25(31)22-17(3)28-26-29(23(22)19-9-5-16(2)6-10-19)24(30)21(34-26)15-18-7-11-20(12-8-18)33-14-13-27/h5-12,15,23H,4,14H2,1-3H3/b21-15+/t23-/m0/s1. The Labute approximate surface area is 200 Å². The second kappa shape index (κ2) is 9.89. The van der Waals surface area contributed by atoms with Crippen molar-refractivity contribution in [2.24, 2.45) is 4.99 Å². The van der Waals surface area contributed by atoms with E-state index in [0.717, 1.165) is 16.7 Å². The van der Waals surface area contributed by atoms with E-state index in [2.05, 4.69) is 4.99 Å². The van der Waals surface area contributed by atoms with Crippen LogP contribution in [-0.2, 0) is 9.53 Å². The number of ether oxygens (including phenoxy) is 2. The molecule has 4 rings (SSSR count). The van der Waals surface area contributed by atoms with Gasteiger partial charge in [-0.15, -0.1) is 0 Å². The highest BCUT2D eigenvalue weighted by atomic mass is 32.1. The minimum absolute atomic E-state index is 0.0287. The van der Waals surface area contributed by atoms with Crippen molar-refractivity contribution in [3.63, 3.8) is 0 Å². The van der Waals surface area contributed by atoms with Crippen LogP contribution in [0, 0.1) is 18.3 Å². The summed E-state index contributed by atoms with van der Waals surface area (Å²) in [5, 5.41) is 8.65. The summed E-state index contributed by atoms with van der Waals surface area (Å²) >= 11 is 1.27. The number of fused-ring (bicyclic) bond motifs is 1. The van der Waals surface area contributed by atoms with Crippen LogP contribution in [0.2, 0.25) is 0 Å². The number of hydrogen-bond acceptors (Lipinski definition) is 7. The van der Waals surface area contributed by atoms with E-state index in [9.17, 15) is 9.59 Å². The van der Waals surface area contributed by atoms with Crippen molar-refractivity contribution in [3.05, 3.63) is 96.2 Å². The summed E-state index contributed by atoms with van der Waals surface area (Å²) in [6.45, 7) is 5.71. The lowest BCUT2D eigenvalue weighted by Crippen LogP contribution is -2.39. The normalized spacial score (nSPS) is 15.4. The Morgan fingerprint density at radius 2 is 1.88 bits per heavy atom. The fourth-order valence-corrected chi connectivity index (χ4v) is 4.83. The molecule has 8 heteroatoms. The molecule has 34 heavy (non-hydrogen) atoms. The summed E-state index contributed by atoms with van der Waals surface area (Å²) in [7, 11) is 0. The van der Waals surface area contributed by atoms with Gasteiger partial charge >= 0.3 is 5.97 Å². The topological polar surface area (TPSA) is 93.7 Å². The van der Waals surface area contributed by atoms with E-state index >= 15 is 0 Å². The lowest BCUT2D eigenvalue weighted by molar-refractivity contribution is -0.139. The lowest BCUT2D eigenvalue weighted by Gasteiger charge is -2.24. The zero-order chi connectivity index (χ0) is 24.2. The average Bonchev–Trinajstić information content (AvgIpc) is 3.12. The van der Waals surface area contributed by atoms with Gasteiger partial charge in [-0.3, -0.25) is 9.36 Å². The van der Waals surface area contributed by atoms with Gasteiger partial charge < -0.3 is 9.47 Å². The number of aromatic nitrogens is 1. The Morgan fingerprint density at radius 1 is 1.18 bits per heavy atom. The quantitative estimate of drug-likeness (QED) is 0.513. The molecule has 0 bridgehead atoms. The maximum atomic E-state index is 13.6. The monoisotopic (exact) mass is 473 g/mol. The van der Waals surface area contributed by atoms with Gasteiger partial charge in [0.2, 0.25) is 0 Å². The molecule has 0 aliphatic carbocycles. The summed E-state index contributed by atoms with van der Waals surface area (Å²) in [5.41, 5.74) is 3.38. The number of carbonyl (C=O) groups is 1. The molecule has 0 fully saturated rings. The fraction of sp³-hybridized carbons (Fsp3) is 0.231. The van der Waals surface area contributed by atoms with Crippen LogP contribution in [0.25, 0.3) is 6.08 Å². The molecular formula is C26H23N3O4S. The minimum atomic E-state index is -0.625. The van der Waals surface area contributed by atoms with Gasteiger partial charge in [0.25, 0.3) is 5.56 Å². The van der Waals surface area contributed by atoms with Gasteiger partial charge in [-0.05, 0) is 50.1 Å². The predicted molar refractivity (Wildman–Crippen MR) is 129 cm³/mol. The minimum Gasteiger partial charge on any atom is -0.479 e. The number of nitriles is 1. The summed E-state index contributed by atoms with van der Waals surface area (Å²) in [6.07, 6.45) is 1.79. The van der Waals surface area contributed by atoms with Gasteiger partial charge in [-0.2, -0.15) is 5.26 Å². The molecule has 0 spiro atoms. The molecular weight excluding hydrogens is 450 g/mol. The van der Waals surface area contributed by atoms with Crippen molar-refractivity contribution in [3.8, 4) is 11.8 Å². The van der Waals surface area contributed by atoms with Crippen molar-refractivity contribution >= 4 is 23.4 Å². The van der Waals surface area contributed by atoms with Gasteiger partial charge in [0.05, 0.1) is 28.5 Å². The summed E-state index contributed by atoms with van der Waals surface area (Å²) < 4.78 is 12.7. The maximum absolute atomic E-state index is 13.6. The summed E-state index contributed by atoms with van der Waals surface area (Å²) in [6, 6.07) is 16.2. The largest absolute Gasteiger partial charge is 0.479 e. The molecule has 0 radical (unpaired) electrons. The Balaban J connectivity index is 1.84. The molecule has 0 unspecified atom stereocenters. The molecule has 2 heterocycles. The molecule has 1 aliphatic rings. The van der Waals surface area contributed by atoms with Crippen molar-refractivity contribution in [1.82, 2.24) is 4.57 Å². The molecule has 0 saturated carbocycles. The van der Waals surface area contributed by atoms with Crippen LogP contribution in [0.3, 0.4) is 0 Å². The highest BCUT2D eigenvalue weighted by Gasteiger charge is 2.33. The first-order chi connectivity index (χ1) is 16.4. The average molecular weight is 474 g/mol. The van der Waals surface area contributed by atoms with Crippen molar-refractivity contribution in [2.75, 3.05) is 13.2 Å². The first-order valence-corrected chi connectivity index (χ1v) is 11.6. The predicted octanol–water partition coefficient (Wildman–Crippen LogP) is 3.01. The molecule has 7 nitrogen and oxygen atoms in total. The van der Waals surface area contributed by atoms with E-state index in [-0.39, 0.29) is 18.8 Å². The van der Waals surface area contributed by atoms with E-state index in [1.807, 2.05) is 49.4 Å². The number of hydrogen-bond donors (Lipinski definition) is 0. The summed E-state index contributed by atoms with van der Waals surface area (Å²) in [5.74, 6) is 0.103. The van der Waals surface area contributed by atoms with Crippen LogP contribution in [0.5, 0.6) is 5.75 Å². The fourth-order valence-electron chi connectivity index (χ4n) is 3.78.